The maximum absolute atomic E-state index is 2.27. The van der Waals surface area contributed by atoms with Gasteiger partial charge in [0.1, 0.15) is 0 Å². The van der Waals surface area contributed by atoms with Crippen molar-refractivity contribution in [3.8, 4) is 10.4 Å². The van der Waals surface area contributed by atoms with Crippen LogP contribution in [0.15, 0.2) is 41.8 Å². The lowest BCUT2D eigenvalue weighted by atomic mass is 10.1. The first-order chi connectivity index (χ1) is 7.42. The molecule has 1 aromatic carbocycles. The fourth-order valence-electron chi connectivity index (χ4n) is 1.74. The Bertz CT molecular complexity index is 400. The molecule has 0 aliphatic carbocycles. The molecule has 0 bridgehead atoms. The molecule has 0 aliphatic heterocycles. The molecule has 0 unspecified atom stereocenters. The van der Waals surface area contributed by atoms with Gasteiger partial charge in [0.2, 0.25) is 0 Å². The van der Waals surface area contributed by atoms with Gasteiger partial charge in [-0.3, -0.25) is 0 Å². The summed E-state index contributed by atoms with van der Waals surface area (Å²) in [7, 11) is 0. The van der Waals surface area contributed by atoms with Crippen molar-refractivity contribution in [3.05, 3.63) is 47.3 Å². The topological polar surface area (TPSA) is 0 Å². The van der Waals surface area contributed by atoms with Crippen LogP contribution in [0.2, 0.25) is 0 Å². The van der Waals surface area contributed by atoms with Crippen molar-refractivity contribution >= 4 is 11.3 Å². The van der Waals surface area contributed by atoms with Gasteiger partial charge in [-0.2, -0.15) is 0 Å². The Hall–Kier alpha value is -1.08. The van der Waals surface area contributed by atoms with Crippen LogP contribution in [0.5, 0.6) is 0 Å². The summed E-state index contributed by atoms with van der Waals surface area (Å²) in [6.07, 6.45) is 3.77. The van der Waals surface area contributed by atoms with E-state index in [1.165, 1.54) is 35.3 Å². The Morgan fingerprint density at radius 3 is 2.60 bits per heavy atom. The molecule has 78 valence electrons. The zero-order chi connectivity index (χ0) is 10.5. The van der Waals surface area contributed by atoms with Crippen LogP contribution in [-0.2, 0) is 6.42 Å². The molecule has 1 heterocycles. The smallest absolute Gasteiger partial charge is 0.0374 e. The third-order valence-corrected chi connectivity index (χ3v) is 3.59. The van der Waals surface area contributed by atoms with Gasteiger partial charge in [0.05, 0.1) is 0 Å². The van der Waals surface area contributed by atoms with E-state index in [2.05, 4.69) is 48.7 Å². The quantitative estimate of drug-likeness (QED) is 0.691. The molecule has 0 atom stereocenters. The van der Waals surface area contributed by atoms with Crippen molar-refractivity contribution < 1.29 is 0 Å². The molecule has 1 heteroatoms. The highest BCUT2D eigenvalue weighted by atomic mass is 32.1. The Balaban J connectivity index is 2.25. The molecular weight excluding hydrogens is 200 g/mol. The standard InChI is InChI=1S/C14H16S/c1-2-3-7-13-10-11-15-14(13)12-8-5-4-6-9-12/h4-6,8-11H,2-3,7H2,1H3. The second-order valence-electron chi connectivity index (χ2n) is 3.74. The van der Waals surface area contributed by atoms with Crippen molar-refractivity contribution in [3.63, 3.8) is 0 Å². The minimum atomic E-state index is 1.21. The minimum absolute atomic E-state index is 1.21. The molecule has 2 rings (SSSR count). The molecule has 0 spiro atoms. The van der Waals surface area contributed by atoms with E-state index in [9.17, 15) is 0 Å². The van der Waals surface area contributed by atoms with Gasteiger partial charge in [-0.25, -0.2) is 0 Å². The summed E-state index contributed by atoms with van der Waals surface area (Å²) >= 11 is 1.85. The predicted molar refractivity (Wildman–Crippen MR) is 68.4 cm³/mol. The lowest BCUT2D eigenvalue weighted by molar-refractivity contribution is 0.798. The van der Waals surface area contributed by atoms with Crippen LogP contribution in [0, 0.1) is 0 Å². The van der Waals surface area contributed by atoms with E-state index in [4.69, 9.17) is 0 Å². The zero-order valence-electron chi connectivity index (χ0n) is 9.07. The second kappa shape index (κ2) is 5.13. The van der Waals surface area contributed by atoms with Gasteiger partial charge in [0.15, 0.2) is 0 Å². The summed E-state index contributed by atoms with van der Waals surface area (Å²) in [4.78, 5) is 1.45. The van der Waals surface area contributed by atoms with Crippen molar-refractivity contribution in [1.82, 2.24) is 0 Å². The summed E-state index contributed by atoms with van der Waals surface area (Å²) in [5, 5.41) is 2.20. The van der Waals surface area contributed by atoms with Crippen LogP contribution in [0.25, 0.3) is 10.4 Å². The molecule has 1 aromatic heterocycles. The number of unbranched alkanes of at least 4 members (excludes halogenated alkanes) is 1. The van der Waals surface area contributed by atoms with Crippen molar-refractivity contribution in [1.29, 1.82) is 0 Å². The summed E-state index contributed by atoms with van der Waals surface area (Å²) in [5.74, 6) is 0. The molecule has 0 amide bonds. The van der Waals surface area contributed by atoms with Crippen molar-refractivity contribution in [2.45, 2.75) is 26.2 Å². The summed E-state index contributed by atoms with van der Waals surface area (Å²) in [6, 6.07) is 12.9. The van der Waals surface area contributed by atoms with Crippen LogP contribution in [0.1, 0.15) is 25.3 Å². The number of rotatable bonds is 4. The summed E-state index contributed by atoms with van der Waals surface area (Å²) in [6.45, 7) is 2.24. The number of aryl methyl sites for hydroxylation is 1. The maximum atomic E-state index is 2.27. The highest BCUT2D eigenvalue weighted by Crippen LogP contribution is 2.30. The average Bonchev–Trinajstić information content (AvgIpc) is 2.75. The van der Waals surface area contributed by atoms with Gasteiger partial charge in [-0.05, 0) is 35.4 Å². The third kappa shape index (κ3) is 2.48. The van der Waals surface area contributed by atoms with Crippen LogP contribution in [0.3, 0.4) is 0 Å². The van der Waals surface area contributed by atoms with Gasteiger partial charge >= 0.3 is 0 Å². The Morgan fingerprint density at radius 2 is 1.87 bits per heavy atom. The first-order valence-electron chi connectivity index (χ1n) is 5.53. The molecular formula is C14H16S. The Labute approximate surface area is 95.6 Å². The van der Waals surface area contributed by atoms with Gasteiger partial charge in [0.25, 0.3) is 0 Å². The molecule has 0 radical (unpaired) electrons. The van der Waals surface area contributed by atoms with Gasteiger partial charge < -0.3 is 0 Å². The molecule has 0 saturated heterocycles. The highest BCUT2D eigenvalue weighted by Gasteiger charge is 2.05. The SMILES string of the molecule is CCCCc1ccsc1-c1ccccc1. The van der Waals surface area contributed by atoms with E-state index in [-0.39, 0.29) is 0 Å². The van der Waals surface area contributed by atoms with E-state index in [0.717, 1.165) is 0 Å². The van der Waals surface area contributed by atoms with E-state index >= 15 is 0 Å². The minimum Gasteiger partial charge on any atom is -0.144 e. The largest absolute Gasteiger partial charge is 0.144 e. The van der Waals surface area contributed by atoms with Crippen molar-refractivity contribution in [2.24, 2.45) is 0 Å². The second-order valence-corrected chi connectivity index (χ2v) is 4.66. The molecule has 2 aromatic rings. The van der Waals surface area contributed by atoms with Crippen LogP contribution in [0.4, 0.5) is 0 Å². The fraction of sp³-hybridized carbons (Fsp3) is 0.286. The summed E-state index contributed by atoms with van der Waals surface area (Å²) in [5.41, 5.74) is 2.87. The maximum Gasteiger partial charge on any atom is 0.0374 e. The Kier molecular flexibility index (Phi) is 3.57. The molecule has 0 N–H and O–H groups in total. The molecule has 0 fully saturated rings. The first kappa shape index (κ1) is 10.4. The molecule has 0 nitrogen and oxygen atoms in total. The van der Waals surface area contributed by atoms with Crippen LogP contribution < -0.4 is 0 Å². The monoisotopic (exact) mass is 216 g/mol. The van der Waals surface area contributed by atoms with Crippen LogP contribution >= 0.6 is 11.3 Å². The van der Waals surface area contributed by atoms with E-state index in [1.807, 2.05) is 11.3 Å². The van der Waals surface area contributed by atoms with Gasteiger partial charge in [-0.1, -0.05) is 43.7 Å². The zero-order valence-corrected chi connectivity index (χ0v) is 9.89. The number of benzene rings is 1. The normalized spacial score (nSPS) is 10.5. The molecule has 0 saturated carbocycles. The van der Waals surface area contributed by atoms with Crippen molar-refractivity contribution in [2.75, 3.05) is 0 Å². The summed E-state index contributed by atoms with van der Waals surface area (Å²) < 4.78 is 0. The van der Waals surface area contributed by atoms with Gasteiger partial charge in [0, 0.05) is 4.88 Å². The number of thiophene rings is 1. The van der Waals surface area contributed by atoms with Crippen LogP contribution in [-0.4, -0.2) is 0 Å². The fourth-order valence-corrected chi connectivity index (χ4v) is 2.70. The number of hydrogen-bond donors (Lipinski definition) is 0. The first-order valence-corrected chi connectivity index (χ1v) is 6.41. The van der Waals surface area contributed by atoms with E-state index in [0.29, 0.717) is 0 Å². The molecule has 15 heavy (non-hydrogen) atoms. The van der Waals surface area contributed by atoms with Gasteiger partial charge in [-0.15, -0.1) is 11.3 Å². The number of hydrogen-bond acceptors (Lipinski definition) is 1. The Morgan fingerprint density at radius 1 is 1.07 bits per heavy atom. The third-order valence-electron chi connectivity index (χ3n) is 2.58. The highest BCUT2D eigenvalue weighted by molar-refractivity contribution is 7.13. The van der Waals surface area contributed by atoms with E-state index < -0.39 is 0 Å². The lowest BCUT2D eigenvalue weighted by Crippen LogP contribution is -1.84. The molecule has 0 aliphatic rings. The van der Waals surface area contributed by atoms with E-state index in [1.54, 1.807) is 0 Å². The average molecular weight is 216 g/mol. The predicted octanol–water partition coefficient (Wildman–Crippen LogP) is 4.76. The lowest BCUT2D eigenvalue weighted by Gasteiger charge is -2.02.